The second kappa shape index (κ2) is 6.24. The molecule has 0 bridgehead atoms. The number of nitrogens with one attached hydrogen (secondary N) is 1. The van der Waals surface area contributed by atoms with Gasteiger partial charge in [-0.2, -0.15) is 5.10 Å². The minimum Gasteiger partial charge on any atom is -0.313 e. The van der Waals surface area contributed by atoms with Crippen molar-refractivity contribution in [3.8, 4) is 5.82 Å². The van der Waals surface area contributed by atoms with E-state index >= 15 is 0 Å². The van der Waals surface area contributed by atoms with Crippen LogP contribution in [0.2, 0.25) is 5.02 Å². The number of nitrogens with zero attached hydrogens (tertiary/aromatic N) is 3. The lowest BCUT2D eigenvalue weighted by Gasteiger charge is -2.11. The van der Waals surface area contributed by atoms with Crippen molar-refractivity contribution in [2.45, 2.75) is 19.9 Å². The topological polar surface area (TPSA) is 42.7 Å². The molecule has 1 aromatic carbocycles. The fraction of sp³-hybridized carbons (Fsp3) is 0.250. The highest BCUT2D eigenvalue weighted by Crippen LogP contribution is 2.24. The highest BCUT2D eigenvalue weighted by Gasteiger charge is 2.09. The second-order valence-corrected chi connectivity index (χ2v) is 5.37. The maximum atomic E-state index is 5.96. The van der Waals surface area contributed by atoms with Gasteiger partial charge in [0.25, 0.3) is 0 Å². The average molecular weight is 301 g/mol. The van der Waals surface area contributed by atoms with Crippen molar-refractivity contribution in [3.05, 3.63) is 53.4 Å². The minimum absolute atomic E-state index is 0.606. The number of hydrogen-bond acceptors (Lipinski definition) is 3. The third-order valence-corrected chi connectivity index (χ3v) is 3.56. The summed E-state index contributed by atoms with van der Waals surface area (Å²) in [7, 11) is 0. The summed E-state index contributed by atoms with van der Waals surface area (Å²) in [5.41, 5.74) is 1.20. The first-order valence-corrected chi connectivity index (χ1v) is 7.45. The van der Waals surface area contributed by atoms with Crippen molar-refractivity contribution in [1.29, 1.82) is 0 Å². The number of aromatic nitrogens is 3. The Labute approximate surface area is 128 Å². The van der Waals surface area contributed by atoms with Gasteiger partial charge in [-0.05, 0) is 23.9 Å². The maximum Gasteiger partial charge on any atom is 0.161 e. The average Bonchev–Trinajstić information content (AvgIpc) is 2.94. The van der Waals surface area contributed by atoms with Gasteiger partial charge in [-0.1, -0.05) is 42.8 Å². The zero-order chi connectivity index (χ0) is 14.7. The van der Waals surface area contributed by atoms with Gasteiger partial charge in [0.05, 0.1) is 17.4 Å². The van der Waals surface area contributed by atoms with Crippen molar-refractivity contribution in [2.24, 2.45) is 0 Å². The molecule has 0 spiro atoms. The van der Waals surface area contributed by atoms with Crippen LogP contribution in [-0.4, -0.2) is 21.3 Å². The molecule has 0 aliphatic carbocycles. The molecule has 5 heteroatoms. The predicted octanol–water partition coefficient (Wildman–Crippen LogP) is 3.57. The molecule has 21 heavy (non-hydrogen) atoms. The Kier molecular flexibility index (Phi) is 4.18. The quantitative estimate of drug-likeness (QED) is 0.733. The molecule has 0 unspecified atom stereocenters. The summed E-state index contributed by atoms with van der Waals surface area (Å²) in [5, 5.41) is 10.5. The van der Waals surface area contributed by atoms with E-state index in [4.69, 9.17) is 11.6 Å². The van der Waals surface area contributed by atoms with Gasteiger partial charge in [0.1, 0.15) is 0 Å². The first kappa shape index (κ1) is 14.0. The molecule has 0 aliphatic heterocycles. The van der Waals surface area contributed by atoms with E-state index in [0.717, 1.165) is 30.7 Å². The Bertz CT molecular complexity index is 751. The maximum absolute atomic E-state index is 5.96. The molecule has 0 amide bonds. The zero-order valence-corrected chi connectivity index (χ0v) is 12.6. The van der Waals surface area contributed by atoms with E-state index in [2.05, 4.69) is 34.5 Å². The van der Waals surface area contributed by atoms with Crippen LogP contribution in [0.4, 0.5) is 0 Å². The molecule has 2 aromatic heterocycles. The van der Waals surface area contributed by atoms with Crippen LogP contribution in [0.25, 0.3) is 16.6 Å². The Balaban J connectivity index is 2.06. The normalized spacial score (nSPS) is 11.1. The summed E-state index contributed by atoms with van der Waals surface area (Å²) in [4.78, 5) is 4.57. The van der Waals surface area contributed by atoms with Gasteiger partial charge in [0, 0.05) is 18.1 Å². The molecular formula is C16H17ClN4. The second-order valence-electron chi connectivity index (χ2n) is 4.93. The first-order valence-electron chi connectivity index (χ1n) is 7.07. The molecule has 0 radical (unpaired) electrons. The van der Waals surface area contributed by atoms with Crippen molar-refractivity contribution in [2.75, 3.05) is 6.54 Å². The molecular weight excluding hydrogens is 284 g/mol. The smallest absolute Gasteiger partial charge is 0.161 e. The van der Waals surface area contributed by atoms with Gasteiger partial charge in [-0.25, -0.2) is 9.67 Å². The fourth-order valence-electron chi connectivity index (χ4n) is 2.38. The summed E-state index contributed by atoms with van der Waals surface area (Å²) in [5.74, 6) is 0.803. The van der Waals surface area contributed by atoms with Crippen molar-refractivity contribution < 1.29 is 0 Å². The van der Waals surface area contributed by atoms with Crippen LogP contribution in [-0.2, 0) is 6.54 Å². The monoisotopic (exact) mass is 300 g/mol. The summed E-state index contributed by atoms with van der Waals surface area (Å²) in [6.07, 6.45) is 6.42. The molecule has 0 atom stereocenters. The summed E-state index contributed by atoms with van der Waals surface area (Å²) in [6.45, 7) is 3.99. The predicted molar refractivity (Wildman–Crippen MR) is 85.9 cm³/mol. The lowest BCUT2D eigenvalue weighted by molar-refractivity contribution is 0.676. The molecule has 4 nitrogen and oxygen atoms in total. The van der Waals surface area contributed by atoms with Gasteiger partial charge in [0.2, 0.25) is 0 Å². The summed E-state index contributed by atoms with van der Waals surface area (Å²) < 4.78 is 1.72. The third-order valence-electron chi connectivity index (χ3n) is 3.37. The van der Waals surface area contributed by atoms with Crippen molar-refractivity contribution in [3.63, 3.8) is 0 Å². The van der Waals surface area contributed by atoms with E-state index in [1.54, 1.807) is 17.1 Å². The van der Waals surface area contributed by atoms with E-state index in [-0.39, 0.29) is 0 Å². The van der Waals surface area contributed by atoms with Gasteiger partial charge in [-0.3, -0.25) is 0 Å². The van der Waals surface area contributed by atoms with Crippen LogP contribution in [0.3, 0.4) is 0 Å². The molecule has 0 saturated heterocycles. The Hall–Kier alpha value is -1.91. The van der Waals surface area contributed by atoms with Crippen molar-refractivity contribution >= 4 is 22.4 Å². The van der Waals surface area contributed by atoms with Gasteiger partial charge >= 0.3 is 0 Å². The largest absolute Gasteiger partial charge is 0.313 e. The van der Waals surface area contributed by atoms with Crippen molar-refractivity contribution in [1.82, 2.24) is 20.1 Å². The lowest BCUT2D eigenvalue weighted by Crippen LogP contribution is -2.14. The SMILES string of the molecule is CCCNCc1cnc(-n2cc(Cl)cn2)c2ccccc12. The fourth-order valence-corrected chi connectivity index (χ4v) is 2.51. The molecule has 3 aromatic rings. The number of halogens is 1. The molecule has 1 N–H and O–H groups in total. The highest BCUT2D eigenvalue weighted by molar-refractivity contribution is 6.30. The number of fused-ring (bicyclic) bond motifs is 1. The summed E-state index contributed by atoms with van der Waals surface area (Å²) in [6, 6.07) is 8.25. The van der Waals surface area contributed by atoms with Crippen LogP contribution in [0.1, 0.15) is 18.9 Å². The van der Waals surface area contributed by atoms with Crippen LogP contribution in [0.5, 0.6) is 0 Å². The number of benzene rings is 1. The van der Waals surface area contributed by atoms with Crippen LogP contribution >= 0.6 is 11.6 Å². The van der Waals surface area contributed by atoms with Gasteiger partial charge in [0.15, 0.2) is 5.82 Å². The zero-order valence-electron chi connectivity index (χ0n) is 11.9. The number of hydrogen-bond donors (Lipinski definition) is 1. The molecule has 108 valence electrons. The van der Waals surface area contributed by atoms with E-state index in [1.807, 2.05) is 18.3 Å². The number of pyridine rings is 1. The van der Waals surface area contributed by atoms with E-state index in [1.165, 1.54) is 10.9 Å². The van der Waals surface area contributed by atoms with Gasteiger partial charge in [-0.15, -0.1) is 0 Å². The molecule has 2 heterocycles. The Morgan fingerprint density at radius 3 is 2.71 bits per heavy atom. The van der Waals surface area contributed by atoms with E-state index in [0.29, 0.717) is 5.02 Å². The third kappa shape index (κ3) is 2.91. The molecule has 3 rings (SSSR count). The Morgan fingerprint density at radius 1 is 1.19 bits per heavy atom. The highest BCUT2D eigenvalue weighted by atomic mass is 35.5. The summed E-state index contributed by atoms with van der Waals surface area (Å²) >= 11 is 5.96. The number of rotatable bonds is 5. The first-order chi connectivity index (χ1) is 10.3. The van der Waals surface area contributed by atoms with E-state index < -0.39 is 0 Å². The van der Waals surface area contributed by atoms with Crippen LogP contribution in [0, 0.1) is 0 Å². The van der Waals surface area contributed by atoms with Crippen LogP contribution < -0.4 is 5.32 Å². The van der Waals surface area contributed by atoms with Crippen LogP contribution in [0.15, 0.2) is 42.9 Å². The van der Waals surface area contributed by atoms with Gasteiger partial charge < -0.3 is 5.32 Å². The Morgan fingerprint density at radius 2 is 2.00 bits per heavy atom. The lowest BCUT2D eigenvalue weighted by atomic mass is 10.1. The molecule has 0 aliphatic rings. The molecule has 0 fully saturated rings. The standard InChI is InChI=1S/C16H17ClN4/c1-2-7-18-8-12-9-19-16(21-11-13(17)10-20-21)15-6-4-3-5-14(12)15/h3-6,9-11,18H,2,7-8H2,1H3. The molecule has 0 saturated carbocycles. The van der Waals surface area contributed by atoms with E-state index in [9.17, 15) is 0 Å². The minimum atomic E-state index is 0.606.